The fourth-order valence-corrected chi connectivity index (χ4v) is 4.04. The number of benzene rings is 2. The lowest BCUT2D eigenvalue weighted by atomic mass is 10.0. The molecule has 1 aliphatic rings. The van der Waals surface area contributed by atoms with Gasteiger partial charge in [0.2, 0.25) is 0 Å². The number of carbonyl (C=O) groups is 1. The third kappa shape index (κ3) is 3.60. The van der Waals surface area contributed by atoms with Gasteiger partial charge in [0.25, 0.3) is 0 Å². The Balaban J connectivity index is 1.43. The number of hydrogen-bond acceptors (Lipinski definition) is 5. The highest BCUT2D eigenvalue weighted by Crippen LogP contribution is 2.36. The van der Waals surface area contributed by atoms with Crippen LogP contribution in [0.15, 0.2) is 48.8 Å². The monoisotopic (exact) mass is 453 g/mol. The van der Waals surface area contributed by atoms with Crippen LogP contribution in [0.5, 0.6) is 0 Å². The van der Waals surface area contributed by atoms with Crippen molar-refractivity contribution in [2.75, 3.05) is 22.5 Å². The standard InChI is InChI=1S/C22H18F3N7O/c1-31-20-17(19(26)27-11-28-20)18(30-31)13-5-6-16-12(9-13)7-8-32(16)21(33)29-15-4-2-3-14(10-15)22(23,24)25/h2-6,9-11H,7-8H2,1H3,(H,29,33)(H2,26,27,28). The highest BCUT2D eigenvalue weighted by atomic mass is 19.4. The van der Waals surface area contributed by atoms with E-state index in [9.17, 15) is 18.0 Å². The van der Waals surface area contributed by atoms with Gasteiger partial charge in [-0.2, -0.15) is 18.3 Å². The van der Waals surface area contributed by atoms with Crippen molar-refractivity contribution in [1.29, 1.82) is 0 Å². The van der Waals surface area contributed by atoms with Crippen LogP contribution in [-0.4, -0.2) is 32.3 Å². The van der Waals surface area contributed by atoms with Crippen molar-refractivity contribution in [2.45, 2.75) is 12.6 Å². The van der Waals surface area contributed by atoms with Gasteiger partial charge < -0.3 is 11.1 Å². The van der Waals surface area contributed by atoms with Crippen molar-refractivity contribution >= 4 is 34.3 Å². The molecule has 0 bridgehead atoms. The van der Waals surface area contributed by atoms with Crippen LogP contribution in [0.4, 0.5) is 35.2 Å². The number of nitrogen functional groups attached to an aromatic ring is 1. The summed E-state index contributed by atoms with van der Waals surface area (Å²) in [5.41, 5.74) is 8.98. The summed E-state index contributed by atoms with van der Waals surface area (Å²) in [7, 11) is 1.77. The SMILES string of the molecule is Cn1nc(-c2ccc3c(c2)CCN3C(=O)Nc2cccc(C(F)(F)F)c2)c2c(N)ncnc21. The van der Waals surface area contributed by atoms with Crippen LogP contribution in [0.2, 0.25) is 0 Å². The minimum absolute atomic E-state index is 0.0790. The van der Waals surface area contributed by atoms with Gasteiger partial charge in [-0.25, -0.2) is 19.4 Å². The van der Waals surface area contributed by atoms with Gasteiger partial charge >= 0.3 is 12.2 Å². The Labute approximate surface area is 185 Å². The minimum atomic E-state index is -4.48. The number of aromatic nitrogens is 4. The molecule has 2 amide bonds. The second kappa shape index (κ2) is 7.47. The molecule has 0 saturated heterocycles. The molecular formula is C22H18F3N7O. The maximum absolute atomic E-state index is 13.0. The summed E-state index contributed by atoms with van der Waals surface area (Å²) in [6.45, 7) is 0.401. The summed E-state index contributed by atoms with van der Waals surface area (Å²) >= 11 is 0. The van der Waals surface area contributed by atoms with E-state index in [4.69, 9.17) is 5.73 Å². The molecule has 0 unspecified atom stereocenters. The molecule has 0 spiro atoms. The van der Waals surface area contributed by atoms with Crippen LogP contribution in [0.1, 0.15) is 11.1 Å². The molecular weight excluding hydrogens is 435 g/mol. The van der Waals surface area contributed by atoms with Gasteiger partial charge in [0.05, 0.1) is 10.9 Å². The number of urea groups is 1. The normalized spacial score (nSPS) is 13.4. The van der Waals surface area contributed by atoms with Crippen LogP contribution in [0.25, 0.3) is 22.3 Å². The lowest BCUT2D eigenvalue weighted by Gasteiger charge is -2.19. The number of nitrogens with one attached hydrogen (secondary N) is 1. The van der Waals surface area contributed by atoms with Crippen LogP contribution in [-0.2, 0) is 19.6 Å². The molecule has 3 heterocycles. The van der Waals surface area contributed by atoms with E-state index in [1.54, 1.807) is 17.8 Å². The fourth-order valence-electron chi connectivity index (χ4n) is 4.04. The average Bonchev–Trinajstić information content (AvgIpc) is 3.35. The predicted molar refractivity (Wildman–Crippen MR) is 118 cm³/mol. The molecule has 8 nitrogen and oxygen atoms in total. The van der Waals surface area contributed by atoms with Crippen LogP contribution in [0, 0.1) is 0 Å². The second-order valence-corrected chi connectivity index (χ2v) is 7.68. The maximum atomic E-state index is 13.0. The predicted octanol–water partition coefficient (Wildman–Crippen LogP) is 4.23. The summed E-state index contributed by atoms with van der Waals surface area (Å²) in [6, 6.07) is 9.61. The summed E-state index contributed by atoms with van der Waals surface area (Å²) in [5.74, 6) is 0.325. The van der Waals surface area contributed by atoms with E-state index in [-0.39, 0.29) is 5.69 Å². The fraction of sp³-hybridized carbons (Fsp3) is 0.182. The summed E-state index contributed by atoms with van der Waals surface area (Å²) in [5, 5.41) is 7.74. The lowest BCUT2D eigenvalue weighted by Crippen LogP contribution is -2.33. The molecule has 2 aromatic heterocycles. The Morgan fingerprint density at radius 1 is 1.15 bits per heavy atom. The zero-order valence-electron chi connectivity index (χ0n) is 17.4. The van der Waals surface area contributed by atoms with Gasteiger partial charge in [0.1, 0.15) is 17.8 Å². The first-order valence-electron chi connectivity index (χ1n) is 10.0. The molecule has 2 aromatic carbocycles. The molecule has 0 saturated carbocycles. The van der Waals surface area contributed by atoms with Gasteiger partial charge in [-0.05, 0) is 42.3 Å². The molecule has 0 aliphatic carbocycles. The molecule has 4 aromatic rings. The smallest absolute Gasteiger partial charge is 0.383 e. The topological polar surface area (TPSA) is 102 Å². The molecule has 11 heteroatoms. The number of nitrogens with zero attached hydrogens (tertiary/aromatic N) is 5. The number of amides is 2. The number of carbonyl (C=O) groups excluding carboxylic acids is 1. The Morgan fingerprint density at radius 2 is 1.97 bits per heavy atom. The molecule has 33 heavy (non-hydrogen) atoms. The number of rotatable bonds is 2. The van der Waals surface area contributed by atoms with Crippen LogP contribution < -0.4 is 16.0 Å². The molecule has 3 N–H and O–H groups in total. The molecule has 0 fully saturated rings. The van der Waals surface area contributed by atoms with Gasteiger partial charge in [-0.1, -0.05) is 12.1 Å². The summed E-state index contributed by atoms with van der Waals surface area (Å²) < 4.78 is 40.5. The van der Waals surface area contributed by atoms with Gasteiger partial charge in [-0.3, -0.25) is 4.90 Å². The van der Waals surface area contributed by atoms with E-state index in [2.05, 4.69) is 20.4 Å². The van der Waals surface area contributed by atoms with Crippen molar-refractivity contribution in [2.24, 2.45) is 7.05 Å². The summed E-state index contributed by atoms with van der Waals surface area (Å²) in [6.07, 6.45) is -2.51. The number of alkyl halides is 3. The number of nitrogens with two attached hydrogens (primary N) is 1. The average molecular weight is 453 g/mol. The summed E-state index contributed by atoms with van der Waals surface area (Å²) in [4.78, 5) is 22.6. The molecule has 0 radical (unpaired) electrons. The van der Waals surface area contributed by atoms with Crippen molar-refractivity contribution in [3.05, 3.63) is 59.9 Å². The maximum Gasteiger partial charge on any atom is 0.416 e. The van der Waals surface area contributed by atoms with Crippen molar-refractivity contribution in [3.63, 3.8) is 0 Å². The van der Waals surface area contributed by atoms with E-state index < -0.39 is 17.8 Å². The van der Waals surface area contributed by atoms with E-state index in [1.165, 1.54) is 23.4 Å². The van der Waals surface area contributed by atoms with E-state index >= 15 is 0 Å². The highest BCUT2D eigenvalue weighted by molar-refractivity contribution is 6.04. The number of aryl methyl sites for hydroxylation is 1. The van der Waals surface area contributed by atoms with Gasteiger partial charge in [0.15, 0.2) is 5.65 Å². The first-order valence-corrected chi connectivity index (χ1v) is 10.0. The third-order valence-electron chi connectivity index (χ3n) is 5.58. The number of halogens is 3. The van der Waals surface area contributed by atoms with Crippen molar-refractivity contribution in [3.8, 4) is 11.3 Å². The highest BCUT2D eigenvalue weighted by Gasteiger charge is 2.31. The Morgan fingerprint density at radius 3 is 2.76 bits per heavy atom. The zero-order chi connectivity index (χ0) is 23.3. The van der Waals surface area contributed by atoms with Gasteiger partial charge in [-0.15, -0.1) is 0 Å². The second-order valence-electron chi connectivity index (χ2n) is 7.68. The molecule has 0 atom stereocenters. The molecule has 5 rings (SSSR count). The number of hydrogen-bond donors (Lipinski definition) is 2. The quantitative estimate of drug-likeness (QED) is 0.473. The third-order valence-corrected chi connectivity index (χ3v) is 5.58. The first-order chi connectivity index (χ1) is 15.7. The van der Waals surface area contributed by atoms with E-state index in [0.717, 1.165) is 23.3 Å². The molecule has 168 valence electrons. The van der Waals surface area contributed by atoms with E-state index in [0.29, 0.717) is 41.2 Å². The van der Waals surface area contributed by atoms with Crippen molar-refractivity contribution in [1.82, 2.24) is 19.7 Å². The molecule has 1 aliphatic heterocycles. The Bertz CT molecular complexity index is 1400. The van der Waals surface area contributed by atoms with Gasteiger partial charge in [0, 0.05) is 30.5 Å². The van der Waals surface area contributed by atoms with Crippen LogP contribution in [0.3, 0.4) is 0 Å². The zero-order valence-corrected chi connectivity index (χ0v) is 17.4. The van der Waals surface area contributed by atoms with Crippen LogP contribution >= 0.6 is 0 Å². The minimum Gasteiger partial charge on any atom is -0.383 e. The van der Waals surface area contributed by atoms with E-state index in [1.807, 2.05) is 12.1 Å². The Hall–Kier alpha value is -4.15. The van der Waals surface area contributed by atoms with Crippen molar-refractivity contribution < 1.29 is 18.0 Å². The number of fused-ring (bicyclic) bond motifs is 2. The largest absolute Gasteiger partial charge is 0.416 e. The lowest BCUT2D eigenvalue weighted by molar-refractivity contribution is -0.137. The number of anilines is 3. The Kier molecular flexibility index (Phi) is 4.69. The first kappa shape index (κ1) is 20.7.